The van der Waals surface area contributed by atoms with Crippen LogP contribution in [0.15, 0.2) is 0 Å². The predicted octanol–water partition coefficient (Wildman–Crippen LogP) is 0.329. The lowest BCUT2D eigenvalue weighted by Gasteiger charge is -2.21. The summed E-state index contributed by atoms with van der Waals surface area (Å²) in [4.78, 5) is 32.0. The Kier molecular flexibility index (Phi) is 5.36. The maximum Gasteiger partial charge on any atom is 0.408 e. The summed E-state index contributed by atoms with van der Waals surface area (Å²) >= 11 is 0. The third kappa shape index (κ3) is 7.09. The third-order valence-electron chi connectivity index (χ3n) is 1.51. The van der Waals surface area contributed by atoms with Gasteiger partial charge in [-0.1, -0.05) is 0 Å². The molecule has 0 radical (unpaired) electrons. The van der Waals surface area contributed by atoms with Crippen LogP contribution in [0.1, 0.15) is 20.8 Å². The molecule has 0 heterocycles. The largest absolute Gasteiger partial charge is 0.467 e. The van der Waals surface area contributed by atoms with E-state index in [1.807, 2.05) is 0 Å². The first-order chi connectivity index (χ1) is 7.65. The van der Waals surface area contributed by atoms with Crippen molar-refractivity contribution < 1.29 is 24.0 Å². The van der Waals surface area contributed by atoms with E-state index in [1.165, 1.54) is 0 Å². The maximum absolute atomic E-state index is 11.3. The van der Waals surface area contributed by atoms with E-state index in [0.717, 1.165) is 7.11 Å². The van der Waals surface area contributed by atoms with Gasteiger partial charge in [-0.15, -0.1) is 0 Å². The number of carbonyl (C=O) groups is 2. The minimum atomic E-state index is -1.36. The predicted molar refractivity (Wildman–Crippen MR) is 57.0 cm³/mol. The van der Waals surface area contributed by atoms with Crippen LogP contribution in [-0.2, 0) is 14.3 Å². The van der Waals surface area contributed by atoms with Crippen molar-refractivity contribution in [2.45, 2.75) is 32.4 Å². The van der Waals surface area contributed by atoms with E-state index < -0.39 is 35.2 Å². The van der Waals surface area contributed by atoms with Crippen molar-refractivity contribution in [2.75, 3.05) is 13.7 Å². The molecule has 1 atom stereocenters. The van der Waals surface area contributed by atoms with Crippen LogP contribution in [0.25, 0.3) is 0 Å². The molecule has 0 rings (SSSR count). The summed E-state index contributed by atoms with van der Waals surface area (Å²) in [6.07, 6.45) is -0.908. The van der Waals surface area contributed by atoms with Crippen LogP contribution in [0, 0.1) is 10.1 Å². The average Bonchev–Trinajstić information content (AvgIpc) is 2.11. The number of nitrogens with one attached hydrogen (secondary N) is 1. The lowest BCUT2D eigenvalue weighted by atomic mass is 10.2. The number of nitro groups is 1. The standard InChI is InChI=1S/C9H16N2O6/c1-9(2,3)17-8(13)10-6(5-11(14)15)7(12)16-4/h6H,5H2,1-4H3,(H,10,13)/t6-/m0/s1. The van der Waals surface area contributed by atoms with Gasteiger partial charge in [-0.3, -0.25) is 10.1 Å². The molecule has 0 bridgehead atoms. The SMILES string of the molecule is COC(=O)[C@H](C[N+](=O)[O-])NC(=O)OC(C)(C)C. The molecule has 0 aliphatic carbocycles. The molecule has 0 fully saturated rings. The number of amides is 1. The van der Waals surface area contributed by atoms with E-state index in [2.05, 4.69) is 10.1 Å². The fraction of sp³-hybridized carbons (Fsp3) is 0.778. The van der Waals surface area contributed by atoms with Gasteiger partial charge in [0, 0.05) is 4.92 Å². The zero-order chi connectivity index (χ0) is 13.6. The fourth-order valence-corrected chi connectivity index (χ4v) is 0.920. The van der Waals surface area contributed by atoms with E-state index in [-0.39, 0.29) is 0 Å². The quantitative estimate of drug-likeness (QED) is 0.436. The minimum Gasteiger partial charge on any atom is -0.467 e. The Balaban J connectivity index is 4.48. The van der Waals surface area contributed by atoms with Crippen LogP contribution < -0.4 is 5.32 Å². The van der Waals surface area contributed by atoms with Crippen LogP contribution in [0.3, 0.4) is 0 Å². The number of hydrogen-bond acceptors (Lipinski definition) is 6. The van der Waals surface area contributed by atoms with Crippen LogP contribution in [-0.4, -0.2) is 42.3 Å². The molecular weight excluding hydrogens is 232 g/mol. The van der Waals surface area contributed by atoms with Gasteiger partial charge in [0.05, 0.1) is 7.11 Å². The van der Waals surface area contributed by atoms with Crippen LogP contribution in [0.2, 0.25) is 0 Å². The van der Waals surface area contributed by atoms with E-state index >= 15 is 0 Å². The Morgan fingerprint density at radius 1 is 1.41 bits per heavy atom. The Hall–Kier alpha value is -1.86. The monoisotopic (exact) mass is 248 g/mol. The lowest BCUT2D eigenvalue weighted by molar-refractivity contribution is -0.481. The Morgan fingerprint density at radius 3 is 2.29 bits per heavy atom. The van der Waals surface area contributed by atoms with Gasteiger partial charge >= 0.3 is 12.1 Å². The molecule has 0 aromatic rings. The summed E-state index contributed by atoms with van der Waals surface area (Å²) in [7, 11) is 1.08. The van der Waals surface area contributed by atoms with Crippen LogP contribution in [0.4, 0.5) is 4.79 Å². The Labute approximate surface area is 98.4 Å². The average molecular weight is 248 g/mol. The molecule has 17 heavy (non-hydrogen) atoms. The summed E-state index contributed by atoms with van der Waals surface area (Å²) in [5.74, 6) is -0.896. The van der Waals surface area contributed by atoms with Gasteiger partial charge in [-0.25, -0.2) is 9.59 Å². The number of alkyl carbamates (subject to hydrolysis) is 1. The van der Waals surface area contributed by atoms with Gasteiger partial charge in [-0.2, -0.15) is 0 Å². The van der Waals surface area contributed by atoms with Gasteiger partial charge < -0.3 is 14.8 Å². The lowest BCUT2D eigenvalue weighted by Crippen LogP contribution is -2.47. The molecule has 0 aromatic carbocycles. The second-order valence-electron chi connectivity index (χ2n) is 4.24. The molecule has 0 unspecified atom stereocenters. The van der Waals surface area contributed by atoms with Crippen molar-refractivity contribution in [1.29, 1.82) is 0 Å². The van der Waals surface area contributed by atoms with E-state index in [9.17, 15) is 19.7 Å². The van der Waals surface area contributed by atoms with Crippen molar-refractivity contribution in [2.24, 2.45) is 0 Å². The normalized spacial score (nSPS) is 12.5. The van der Waals surface area contributed by atoms with Crippen LogP contribution in [0.5, 0.6) is 0 Å². The minimum absolute atomic E-state index is 0.723. The summed E-state index contributed by atoms with van der Waals surface area (Å²) in [5.41, 5.74) is -0.751. The number of esters is 1. The zero-order valence-corrected chi connectivity index (χ0v) is 10.2. The topological polar surface area (TPSA) is 108 Å². The first-order valence-electron chi connectivity index (χ1n) is 4.85. The van der Waals surface area contributed by atoms with Gasteiger partial charge in [0.15, 0.2) is 6.04 Å². The highest BCUT2D eigenvalue weighted by Crippen LogP contribution is 2.06. The molecule has 8 nitrogen and oxygen atoms in total. The van der Waals surface area contributed by atoms with Crippen molar-refractivity contribution >= 4 is 12.1 Å². The highest BCUT2D eigenvalue weighted by Gasteiger charge is 2.29. The third-order valence-corrected chi connectivity index (χ3v) is 1.51. The van der Waals surface area contributed by atoms with Gasteiger partial charge in [0.1, 0.15) is 5.60 Å². The molecule has 0 aromatic heterocycles. The summed E-state index contributed by atoms with van der Waals surface area (Å²) in [5, 5.41) is 12.4. The molecule has 0 aliphatic heterocycles. The van der Waals surface area contributed by atoms with Gasteiger partial charge in [-0.05, 0) is 20.8 Å². The van der Waals surface area contributed by atoms with Crippen molar-refractivity contribution in [3.63, 3.8) is 0 Å². The number of hydrogen-bond donors (Lipinski definition) is 1. The number of carbonyl (C=O) groups excluding carboxylic acids is 2. The van der Waals surface area contributed by atoms with E-state index in [4.69, 9.17) is 4.74 Å². The number of rotatable bonds is 4. The van der Waals surface area contributed by atoms with E-state index in [1.54, 1.807) is 20.8 Å². The van der Waals surface area contributed by atoms with Crippen molar-refractivity contribution in [3.8, 4) is 0 Å². The first kappa shape index (κ1) is 15.1. The highest BCUT2D eigenvalue weighted by atomic mass is 16.6. The highest BCUT2D eigenvalue weighted by molar-refractivity contribution is 5.81. The molecular formula is C9H16N2O6. The zero-order valence-electron chi connectivity index (χ0n) is 10.2. The van der Waals surface area contributed by atoms with E-state index in [0.29, 0.717) is 0 Å². The number of nitrogens with zero attached hydrogens (tertiary/aromatic N) is 1. The molecule has 0 saturated heterocycles. The summed E-state index contributed by atoms with van der Waals surface area (Å²) in [6.45, 7) is 4.14. The Morgan fingerprint density at radius 2 is 1.94 bits per heavy atom. The van der Waals surface area contributed by atoms with Crippen molar-refractivity contribution in [1.82, 2.24) is 5.32 Å². The first-order valence-corrected chi connectivity index (χ1v) is 4.85. The molecule has 98 valence electrons. The van der Waals surface area contributed by atoms with Gasteiger partial charge in [0.2, 0.25) is 6.54 Å². The number of ether oxygens (including phenoxy) is 2. The second-order valence-corrected chi connectivity index (χ2v) is 4.24. The Bertz CT molecular complexity index is 309. The second kappa shape index (κ2) is 6.02. The fourth-order valence-electron chi connectivity index (χ4n) is 0.920. The van der Waals surface area contributed by atoms with Gasteiger partial charge in [0.25, 0.3) is 0 Å². The molecule has 0 spiro atoms. The molecule has 1 N–H and O–H groups in total. The molecule has 0 aliphatic rings. The van der Waals surface area contributed by atoms with Crippen LogP contribution >= 0.6 is 0 Å². The number of methoxy groups -OCH3 is 1. The smallest absolute Gasteiger partial charge is 0.408 e. The molecule has 1 amide bonds. The molecule has 0 saturated carbocycles. The van der Waals surface area contributed by atoms with Crippen molar-refractivity contribution in [3.05, 3.63) is 10.1 Å². The molecule has 8 heteroatoms. The summed E-state index contributed by atoms with van der Waals surface area (Å²) < 4.78 is 9.19. The maximum atomic E-state index is 11.3. The summed E-state index contributed by atoms with van der Waals surface area (Å²) in [6, 6.07) is -1.36.